The highest BCUT2D eigenvalue weighted by molar-refractivity contribution is 9.10. The summed E-state index contributed by atoms with van der Waals surface area (Å²) in [5.74, 6) is -0.600. The van der Waals surface area contributed by atoms with Crippen LogP contribution >= 0.6 is 15.9 Å². The Kier molecular flexibility index (Phi) is 4.52. The molecule has 0 saturated carbocycles. The van der Waals surface area contributed by atoms with E-state index in [9.17, 15) is 14.9 Å². The van der Waals surface area contributed by atoms with Crippen molar-refractivity contribution in [2.24, 2.45) is 5.73 Å². The van der Waals surface area contributed by atoms with Crippen LogP contribution in [0.15, 0.2) is 16.6 Å². The number of nitrogens with two attached hydrogens (primary N) is 1. The monoisotopic (exact) mass is 330 g/mol. The lowest BCUT2D eigenvalue weighted by atomic mass is 9.86. The predicted molar refractivity (Wildman–Crippen MR) is 74.2 cm³/mol. The molecule has 0 atom stereocenters. The number of primary amides is 1. The summed E-state index contributed by atoms with van der Waals surface area (Å²) in [4.78, 5) is 21.3. The van der Waals surface area contributed by atoms with Crippen LogP contribution in [0.4, 0.5) is 5.69 Å². The van der Waals surface area contributed by atoms with Crippen molar-refractivity contribution in [3.63, 3.8) is 0 Å². The molecule has 0 aliphatic rings. The Bertz CT molecular complexity index is 523. The van der Waals surface area contributed by atoms with Gasteiger partial charge in [-0.3, -0.25) is 14.9 Å². The lowest BCUT2D eigenvalue weighted by molar-refractivity contribution is -0.386. The quantitative estimate of drug-likeness (QED) is 0.677. The maximum atomic E-state index is 11.1. The highest BCUT2D eigenvalue weighted by Gasteiger charge is 2.28. The van der Waals surface area contributed by atoms with Gasteiger partial charge in [-0.1, -0.05) is 36.7 Å². The second kappa shape index (κ2) is 5.56. The number of rotatable bonds is 4. The van der Waals surface area contributed by atoms with E-state index in [-0.39, 0.29) is 16.9 Å². The van der Waals surface area contributed by atoms with Gasteiger partial charge in [0, 0.05) is 16.1 Å². The zero-order chi connectivity index (χ0) is 14.8. The number of amides is 1. The second-order valence-corrected chi connectivity index (χ2v) is 5.98. The van der Waals surface area contributed by atoms with E-state index in [0.717, 1.165) is 0 Å². The fourth-order valence-electron chi connectivity index (χ4n) is 1.57. The highest BCUT2D eigenvalue weighted by Crippen LogP contribution is 2.40. The van der Waals surface area contributed by atoms with Crippen LogP contribution < -0.4 is 10.5 Å². The van der Waals surface area contributed by atoms with Gasteiger partial charge in [-0.25, -0.2) is 0 Å². The molecule has 0 unspecified atom stereocenters. The van der Waals surface area contributed by atoms with Gasteiger partial charge in [0.25, 0.3) is 5.91 Å². The number of halogens is 1. The lowest BCUT2D eigenvalue weighted by Gasteiger charge is -2.22. The molecule has 0 radical (unpaired) electrons. The molecule has 1 rings (SSSR count). The maximum Gasteiger partial charge on any atom is 0.312 e. The van der Waals surface area contributed by atoms with Crippen molar-refractivity contribution in [1.29, 1.82) is 0 Å². The molecule has 7 heteroatoms. The first-order valence-corrected chi connectivity index (χ1v) is 6.31. The first-order valence-electron chi connectivity index (χ1n) is 5.52. The van der Waals surface area contributed by atoms with E-state index in [4.69, 9.17) is 10.5 Å². The number of nitro groups is 1. The van der Waals surface area contributed by atoms with Gasteiger partial charge in [0.2, 0.25) is 5.75 Å². The highest BCUT2D eigenvalue weighted by atomic mass is 79.9. The maximum absolute atomic E-state index is 11.1. The van der Waals surface area contributed by atoms with Crippen LogP contribution in [0, 0.1) is 10.1 Å². The zero-order valence-electron chi connectivity index (χ0n) is 10.9. The average molecular weight is 331 g/mol. The van der Waals surface area contributed by atoms with E-state index in [1.807, 2.05) is 20.8 Å². The molecule has 104 valence electrons. The number of carbonyl (C=O) groups is 1. The summed E-state index contributed by atoms with van der Waals surface area (Å²) < 4.78 is 5.81. The number of benzene rings is 1. The first-order chi connectivity index (χ1) is 8.62. The first kappa shape index (κ1) is 15.4. The number of hydrogen-bond donors (Lipinski definition) is 1. The molecule has 1 aromatic carbocycles. The van der Waals surface area contributed by atoms with Gasteiger partial charge in [0.15, 0.2) is 6.61 Å². The van der Waals surface area contributed by atoms with Gasteiger partial charge in [0.05, 0.1) is 4.92 Å². The van der Waals surface area contributed by atoms with Gasteiger partial charge in [-0.2, -0.15) is 0 Å². The van der Waals surface area contributed by atoms with E-state index in [1.54, 1.807) is 6.07 Å². The van der Waals surface area contributed by atoms with Crippen molar-refractivity contribution in [3.05, 3.63) is 32.3 Å². The third kappa shape index (κ3) is 3.92. The second-order valence-electron chi connectivity index (χ2n) is 5.06. The van der Waals surface area contributed by atoms with E-state index in [2.05, 4.69) is 15.9 Å². The molecule has 0 heterocycles. The van der Waals surface area contributed by atoms with Crippen molar-refractivity contribution in [2.45, 2.75) is 26.2 Å². The summed E-state index contributed by atoms with van der Waals surface area (Å²) in [6, 6.07) is 3.08. The Morgan fingerprint density at radius 3 is 2.47 bits per heavy atom. The van der Waals surface area contributed by atoms with Crippen molar-refractivity contribution < 1.29 is 14.5 Å². The van der Waals surface area contributed by atoms with Gasteiger partial charge in [0.1, 0.15) is 0 Å². The van der Waals surface area contributed by atoms with Gasteiger partial charge in [-0.15, -0.1) is 0 Å². The molecule has 19 heavy (non-hydrogen) atoms. The van der Waals surface area contributed by atoms with E-state index >= 15 is 0 Å². The molecule has 0 fully saturated rings. The number of nitrogens with zero attached hydrogens (tertiary/aromatic N) is 1. The van der Waals surface area contributed by atoms with Crippen molar-refractivity contribution in [1.82, 2.24) is 0 Å². The number of nitro benzene ring substituents is 1. The molecular weight excluding hydrogens is 316 g/mol. The van der Waals surface area contributed by atoms with Crippen LogP contribution in [0.25, 0.3) is 0 Å². The van der Waals surface area contributed by atoms with Crippen LogP contribution in [-0.2, 0) is 10.2 Å². The summed E-state index contributed by atoms with van der Waals surface area (Å²) in [7, 11) is 0. The molecule has 1 amide bonds. The zero-order valence-corrected chi connectivity index (χ0v) is 12.5. The Morgan fingerprint density at radius 1 is 1.47 bits per heavy atom. The molecule has 2 N–H and O–H groups in total. The van der Waals surface area contributed by atoms with Gasteiger partial charge in [-0.05, 0) is 11.5 Å². The smallest absolute Gasteiger partial charge is 0.312 e. The number of hydrogen-bond acceptors (Lipinski definition) is 4. The molecule has 0 saturated heterocycles. The third-order valence-corrected chi connectivity index (χ3v) is 2.86. The largest absolute Gasteiger partial charge is 0.477 e. The summed E-state index contributed by atoms with van der Waals surface area (Å²) in [6.07, 6.45) is 0. The SMILES string of the molecule is CC(C)(C)c1cc(Br)cc([N+](=O)[O-])c1OCC(N)=O. The van der Waals surface area contributed by atoms with Crippen molar-refractivity contribution >= 4 is 27.5 Å². The molecule has 1 aromatic rings. The number of carbonyl (C=O) groups excluding carboxylic acids is 1. The Balaban J connectivity index is 3.43. The number of ether oxygens (including phenoxy) is 1. The molecule has 6 nitrogen and oxygen atoms in total. The Morgan fingerprint density at radius 2 is 2.05 bits per heavy atom. The summed E-state index contributed by atoms with van der Waals surface area (Å²) >= 11 is 3.24. The summed E-state index contributed by atoms with van der Waals surface area (Å²) in [5, 5.41) is 11.1. The van der Waals surface area contributed by atoms with Crippen LogP contribution in [0.3, 0.4) is 0 Å². The third-order valence-electron chi connectivity index (χ3n) is 2.40. The van der Waals surface area contributed by atoms with Crippen molar-refractivity contribution in [2.75, 3.05) is 6.61 Å². The molecule has 0 aromatic heterocycles. The minimum absolute atomic E-state index is 0.0829. The predicted octanol–water partition coefficient (Wildman–Crippen LogP) is 2.52. The van der Waals surface area contributed by atoms with E-state index < -0.39 is 17.4 Å². The van der Waals surface area contributed by atoms with E-state index in [1.165, 1.54) is 6.07 Å². The normalized spacial score (nSPS) is 11.2. The van der Waals surface area contributed by atoms with Crippen LogP contribution in [0.2, 0.25) is 0 Å². The standard InChI is InChI=1S/C12H15BrN2O4/c1-12(2,3)8-4-7(13)5-9(15(17)18)11(8)19-6-10(14)16/h4-5H,6H2,1-3H3,(H2,14,16). The summed E-state index contributed by atoms with van der Waals surface area (Å²) in [5.41, 5.74) is 5.08. The summed E-state index contributed by atoms with van der Waals surface area (Å²) in [6.45, 7) is 5.30. The molecule has 0 aliphatic carbocycles. The van der Waals surface area contributed by atoms with E-state index in [0.29, 0.717) is 10.0 Å². The van der Waals surface area contributed by atoms with Crippen LogP contribution in [0.1, 0.15) is 26.3 Å². The van der Waals surface area contributed by atoms with Gasteiger partial charge < -0.3 is 10.5 Å². The molecule has 0 bridgehead atoms. The molecular formula is C12H15BrN2O4. The minimum atomic E-state index is -0.683. The topological polar surface area (TPSA) is 95.5 Å². The Hall–Kier alpha value is -1.63. The fraction of sp³-hybridized carbons (Fsp3) is 0.417. The Labute approximate surface area is 119 Å². The molecule has 0 spiro atoms. The minimum Gasteiger partial charge on any atom is -0.477 e. The fourth-order valence-corrected chi connectivity index (χ4v) is 2.01. The van der Waals surface area contributed by atoms with Gasteiger partial charge >= 0.3 is 5.69 Å². The van der Waals surface area contributed by atoms with Crippen molar-refractivity contribution in [3.8, 4) is 5.75 Å². The molecule has 0 aliphatic heterocycles. The van der Waals surface area contributed by atoms with Crippen LogP contribution in [0.5, 0.6) is 5.75 Å². The average Bonchev–Trinajstić information content (AvgIpc) is 2.24. The lowest BCUT2D eigenvalue weighted by Crippen LogP contribution is -2.22. The van der Waals surface area contributed by atoms with Crippen LogP contribution in [-0.4, -0.2) is 17.4 Å².